The number of rotatable bonds is 6. The molecule has 1 fully saturated rings. The fourth-order valence-electron chi connectivity index (χ4n) is 3.94. The van der Waals surface area contributed by atoms with Gasteiger partial charge in [0.05, 0.1) is 5.92 Å². The van der Waals surface area contributed by atoms with Gasteiger partial charge in [0.25, 0.3) is 0 Å². The van der Waals surface area contributed by atoms with Gasteiger partial charge >= 0.3 is 0 Å². The Morgan fingerprint density at radius 3 is 2.43 bits per heavy atom. The van der Waals surface area contributed by atoms with Gasteiger partial charge in [-0.25, -0.2) is 4.98 Å². The molecule has 1 N–H and O–H groups in total. The van der Waals surface area contributed by atoms with Gasteiger partial charge in [0, 0.05) is 42.8 Å². The summed E-state index contributed by atoms with van der Waals surface area (Å²) in [6.45, 7) is 4.24. The van der Waals surface area contributed by atoms with Crippen LogP contribution in [0.2, 0.25) is 0 Å². The maximum absolute atomic E-state index is 12.8. The zero-order chi connectivity index (χ0) is 24.4. The predicted octanol–water partition coefficient (Wildman–Crippen LogP) is 4.06. The summed E-state index contributed by atoms with van der Waals surface area (Å²) in [6, 6.07) is 18.2. The molecule has 0 saturated carbocycles. The van der Waals surface area contributed by atoms with E-state index in [1.54, 1.807) is 47.5 Å². The Balaban J connectivity index is 1.18. The summed E-state index contributed by atoms with van der Waals surface area (Å²) in [7, 11) is 0. The number of aryl methyl sites for hydroxylation is 2. The van der Waals surface area contributed by atoms with Crippen molar-refractivity contribution in [2.75, 3.05) is 16.8 Å². The maximum atomic E-state index is 12.8. The third kappa shape index (κ3) is 4.89. The Hall–Kier alpha value is -4.53. The summed E-state index contributed by atoms with van der Waals surface area (Å²) in [6.07, 6.45) is 3.70. The molecule has 9 heteroatoms. The molecule has 1 aliphatic rings. The van der Waals surface area contributed by atoms with Crippen LogP contribution in [-0.4, -0.2) is 38.1 Å². The van der Waals surface area contributed by atoms with Crippen LogP contribution in [0.15, 0.2) is 73.1 Å². The second-order valence-electron chi connectivity index (χ2n) is 8.43. The average Bonchev–Trinajstić information content (AvgIpc) is 3.47. The molecular weight excluding hydrogens is 444 g/mol. The van der Waals surface area contributed by atoms with Crippen molar-refractivity contribution in [2.45, 2.75) is 20.3 Å². The molecule has 0 aliphatic carbocycles. The second-order valence-corrected chi connectivity index (χ2v) is 8.43. The molecule has 3 heterocycles. The number of imidazole rings is 1. The van der Waals surface area contributed by atoms with E-state index >= 15 is 0 Å². The first-order valence-corrected chi connectivity index (χ1v) is 11.3. The third-order valence-electron chi connectivity index (χ3n) is 5.88. The van der Waals surface area contributed by atoms with Crippen LogP contribution in [-0.2, 0) is 9.59 Å². The van der Waals surface area contributed by atoms with Gasteiger partial charge in [-0.3, -0.25) is 14.2 Å². The lowest BCUT2D eigenvalue weighted by Gasteiger charge is -2.17. The van der Waals surface area contributed by atoms with Crippen molar-refractivity contribution in [1.82, 2.24) is 19.7 Å². The standard InChI is InChI=1S/C26H24N6O3/c1-17-3-7-21(8-4-17)32-16-19(15-25(32)33)26(34)28-20-5-9-22(10-6-20)35-24-12-11-23(29-30-24)31-14-13-27-18(31)2/h3-14,19H,15-16H2,1-2H3,(H,28,34). The summed E-state index contributed by atoms with van der Waals surface area (Å²) in [5.74, 6) is 1.74. The smallest absolute Gasteiger partial charge is 0.238 e. The summed E-state index contributed by atoms with van der Waals surface area (Å²) in [5, 5.41) is 11.2. The van der Waals surface area contributed by atoms with E-state index < -0.39 is 5.92 Å². The Labute approximate surface area is 202 Å². The third-order valence-corrected chi connectivity index (χ3v) is 5.88. The fraction of sp³-hybridized carbons (Fsp3) is 0.192. The first-order chi connectivity index (χ1) is 17.0. The molecule has 1 saturated heterocycles. The van der Waals surface area contributed by atoms with Gasteiger partial charge in [0.2, 0.25) is 17.7 Å². The molecule has 2 aromatic heterocycles. The number of hydrogen-bond donors (Lipinski definition) is 1. The van der Waals surface area contributed by atoms with E-state index in [1.165, 1.54) is 0 Å². The first kappa shape index (κ1) is 22.3. The number of aromatic nitrogens is 4. The Morgan fingerprint density at radius 2 is 1.77 bits per heavy atom. The number of benzene rings is 2. The SMILES string of the molecule is Cc1ccc(N2CC(C(=O)Nc3ccc(Oc4ccc(-n5ccnc5C)nn4)cc3)CC2=O)cc1. The van der Waals surface area contributed by atoms with E-state index in [0.717, 1.165) is 17.1 Å². The van der Waals surface area contributed by atoms with Crippen LogP contribution in [0.4, 0.5) is 11.4 Å². The van der Waals surface area contributed by atoms with Crippen molar-refractivity contribution in [3.05, 3.63) is 84.4 Å². The first-order valence-electron chi connectivity index (χ1n) is 11.3. The number of anilines is 2. The quantitative estimate of drug-likeness (QED) is 0.458. The van der Waals surface area contributed by atoms with E-state index in [-0.39, 0.29) is 18.2 Å². The summed E-state index contributed by atoms with van der Waals surface area (Å²) in [4.78, 5) is 31.1. The monoisotopic (exact) mass is 468 g/mol. The zero-order valence-corrected chi connectivity index (χ0v) is 19.4. The molecule has 35 heavy (non-hydrogen) atoms. The number of hydrogen-bond acceptors (Lipinski definition) is 6. The van der Waals surface area contributed by atoms with Crippen molar-refractivity contribution < 1.29 is 14.3 Å². The van der Waals surface area contributed by atoms with Gasteiger partial charge in [0.15, 0.2) is 5.82 Å². The van der Waals surface area contributed by atoms with Gasteiger partial charge < -0.3 is 15.0 Å². The van der Waals surface area contributed by atoms with Crippen molar-refractivity contribution >= 4 is 23.2 Å². The zero-order valence-electron chi connectivity index (χ0n) is 19.4. The van der Waals surface area contributed by atoms with Crippen LogP contribution >= 0.6 is 0 Å². The molecule has 2 amide bonds. The number of amides is 2. The van der Waals surface area contributed by atoms with Gasteiger partial charge in [-0.2, -0.15) is 0 Å². The number of carbonyl (C=O) groups excluding carboxylic acids is 2. The minimum absolute atomic E-state index is 0.0481. The normalized spacial score (nSPS) is 15.3. The lowest BCUT2D eigenvalue weighted by molar-refractivity contribution is -0.122. The van der Waals surface area contributed by atoms with Gasteiger partial charge in [0.1, 0.15) is 11.6 Å². The molecule has 1 unspecified atom stereocenters. The van der Waals surface area contributed by atoms with Crippen LogP contribution in [0.5, 0.6) is 11.6 Å². The van der Waals surface area contributed by atoms with Crippen LogP contribution in [0, 0.1) is 19.8 Å². The molecule has 1 atom stereocenters. The Bertz CT molecular complexity index is 1350. The average molecular weight is 469 g/mol. The van der Waals surface area contributed by atoms with E-state index in [1.807, 2.05) is 48.9 Å². The number of nitrogens with zero attached hydrogens (tertiary/aromatic N) is 5. The van der Waals surface area contributed by atoms with Crippen molar-refractivity contribution in [3.63, 3.8) is 0 Å². The predicted molar refractivity (Wildman–Crippen MR) is 131 cm³/mol. The molecule has 0 bridgehead atoms. The fourth-order valence-corrected chi connectivity index (χ4v) is 3.94. The van der Waals surface area contributed by atoms with Crippen molar-refractivity contribution in [2.24, 2.45) is 5.92 Å². The minimum atomic E-state index is -0.410. The summed E-state index contributed by atoms with van der Waals surface area (Å²) in [5.41, 5.74) is 2.56. The van der Waals surface area contributed by atoms with Gasteiger partial charge in [-0.15, -0.1) is 10.2 Å². The van der Waals surface area contributed by atoms with Crippen LogP contribution in [0.25, 0.3) is 5.82 Å². The van der Waals surface area contributed by atoms with Crippen molar-refractivity contribution in [3.8, 4) is 17.4 Å². The van der Waals surface area contributed by atoms with Crippen LogP contribution in [0.3, 0.4) is 0 Å². The van der Waals surface area contributed by atoms with E-state index in [9.17, 15) is 9.59 Å². The van der Waals surface area contributed by atoms with Crippen molar-refractivity contribution in [1.29, 1.82) is 0 Å². The second kappa shape index (κ2) is 9.38. The van der Waals surface area contributed by atoms with Gasteiger partial charge in [-0.05, 0) is 56.3 Å². The molecule has 0 spiro atoms. The lowest BCUT2D eigenvalue weighted by Crippen LogP contribution is -2.28. The molecular formula is C26H24N6O3. The molecule has 4 aromatic rings. The van der Waals surface area contributed by atoms with E-state index in [0.29, 0.717) is 29.7 Å². The molecule has 1 aliphatic heterocycles. The molecule has 5 rings (SSSR count). The summed E-state index contributed by atoms with van der Waals surface area (Å²) < 4.78 is 7.59. The maximum Gasteiger partial charge on any atom is 0.238 e. The molecule has 176 valence electrons. The van der Waals surface area contributed by atoms with Gasteiger partial charge in [-0.1, -0.05) is 17.7 Å². The highest BCUT2D eigenvalue weighted by Crippen LogP contribution is 2.27. The van der Waals surface area contributed by atoms with Crippen LogP contribution in [0.1, 0.15) is 17.8 Å². The highest BCUT2D eigenvalue weighted by molar-refractivity contribution is 6.03. The number of nitrogens with one attached hydrogen (secondary N) is 1. The largest absolute Gasteiger partial charge is 0.438 e. The summed E-state index contributed by atoms with van der Waals surface area (Å²) >= 11 is 0. The molecule has 2 aromatic carbocycles. The van der Waals surface area contributed by atoms with E-state index in [2.05, 4.69) is 20.5 Å². The Kier molecular flexibility index (Phi) is 5.97. The topological polar surface area (TPSA) is 102 Å². The lowest BCUT2D eigenvalue weighted by atomic mass is 10.1. The highest BCUT2D eigenvalue weighted by atomic mass is 16.5. The molecule has 0 radical (unpaired) electrons. The number of ether oxygens (including phenoxy) is 1. The minimum Gasteiger partial charge on any atom is -0.438 e. The van der Waals surface area contributed by atoms with Crippen LogP contribution < -0.4 is 15.0 Å². The number of carbonyl (C=O) groups is 2. The Morgan fingerprint density at radius 1 is 1.00 bits per heavy atom. The highest BCUT2D eigenvalue weighted by Gasteiger charge is 2.35. The van der Waals surface area contributed by atoms with E-state index in [4.69, 9.17) is 4.74 Å². The molecule has 9 nitrogen and oxygen atoms in total.